The molecule has 1 aromatic carbocycles. The van der Waals surface area contributed by atoms with E-state index in [9.17, 15) is 8.42 Å². The molecule has 1 fully saturated rings. The van der Waals surface area contributed by atoms with Gasteiger partial charge in [-0.2, -0.15) is 13.5 Å². The topological polar surface area (TPSA) is 58.5 Å². The van der Waals surface area contributed by atoms with Crippen LogP contribution >= 0.6 is 0 Å². The molecule has 1 aromatic rings. The Morgan fingerprint density at radius 1 is 1.16 bits per heavy atom. The highest BCUT2D eigenvalue weighted by Gasteiger charge is 2.28. The maximum atomic E-state index is 12.1. The van der Waals surface area contributed by atoms with Crippen molar-refractivity contribution in [3.05, 3.63) is 30.3 Å². The Kier molecular flexibility index (Phi) is 3.94. The molecule has 4 nitrogen and oxygen atoms in total. The van der Waals surface area contributed by atoms with Crippen molar-refractivity contribution in [1.29, 1.82) is 0 Å². The van der Waals surface area contributed by atoms with Crippen LogP contribution in [0.5, 0.6) is 0 Å². The Balaban J connectivity index is 2.18. The average Bonchev–Trinajstić information content (AvgIpc) is 2.38. The average molecular weight is 280 g/mol. The van der Waals surface area contributed by atoms with Crippen molar-refractivity contribution in [2.75, 3.05) is 0 Å². The van der Waals surface area contributed by atoms with E-state index in [1.807, 2.05) is 0 Å². The van der Waals surface area contributed by atoms with Gasteiger partial charge in [-0.25, -0.2) is 4.83 Å². The fourth-order valence-electron chi connectivity index (χ4n) is 2.32. The number of hydrogen-bond donors (Lipinski definition) is 1. The van der Waals surface area contributed by atoms with Gasteiger partial charge >= 0.3 is 0 Å². The zero-order valence-electron chi connectivity index (χ0n) is 11.4. The lowest BCUT2D eigenvalue weighted by Crippen LogP contribution is -2.31. The second-order valence-corrected chi connectivity index (χ2v) is 7.22. The quantitative estimate of drug-likeness (QED) is 0.865. The largest absolute Gasteiger partial charge is 0.276 e. The van der Waals surface area contributed by atoms with Gasteiger partial charge < -0.3 is 0 Å². The molecule has 19 heavy (non-hydrogen) atoms. The highest BCUT2D eigenvalue weighted by Crippen LogP contribution is 2.32. The first kappa shape index (κ1) is 14.1. The van der Waals surface area contributed by atoms with Gasteiger partial charge in [-0.1, -0.05) is 38.5 Å². The number of nitrogens with one attached hydrogen (secondary N) is 1. The summed E-state index contributed by atoms with van der Waals surface area (Å²) in [5.41, 5.74) is 0.926. The van der Waals surface area contributed by atoms with Crippen LogP contribution in [0.2, 0.25) is 0 Å². The van der Waals surface area contributed by atoms with Crippen LogP contribution in [0, 0.1) is 5.41 Å². The van der Waals surface area contributed by atoms with Crippen LogP contribution in [0.4, 0.5) is 0 Å². The molecule has 1 saturated carbocycles. The summed E-state index contributed by atoms with van der Waals surface area (Å²) in [5.74, 6) is 0. The number of sulfonamides is 1. The predicted octanol–water partition coefficient (Wildman–Crippen LogP) is 2.92. The van der Waals surface area contributed by atoms with Crippen molar-refractivity contribution in [1.82, 2.24) is 4.83 Å². The molecular formula is C14H20N2O2S. The minimum atomic E-state index is -3.55. The normalized spacial score (nSPS) is 21.3. The van der Waals surface area contributed by atoms with Crippen molar-refractivity contribution >= 4 is 15.7 Å². The minimum Gasteiger partial charge on any atom is -0.200 e. The van der Waals surface area contributed by atoms with Crippen molar-refractivity contribution in [3.63, 3.8) is 0 Å². The van der Waals surface area contributed by atoms with E-state index in [1.54, 1.807) is 30.3 Å². The first-order valence-electron chi connectivity index (χ1n) is 6.56. The molecule has 0 amide bonds. The van der Waals surface area contributed by atoms with Crippen LogP contribution in [0.3, 0.4) is 0 Å². The molecule has 0 unspecified atom stereocenters. The summed E-state index contributed by atoms with van der Waals surface area (Å²) in [6.07, 6.45) is 4.18. The molecular weight excluding hydrogens is 260 g/mol. The molecule has 1 N–H and O–H groups in total. The van der Waals surface area contributed by atoms with Crippen molar-refractivity contribution in [3.8, 4) is 0 Å². The predicted molar refractivity (Wildman–Crippen MR) is 76.4 cm³/mol. The molecule has 0 spiro atoms. The van der Waals surface area contributed by atoms with Gasteiger partial charge in [0.15, 0.2) is 0 Å². The van der Waals surface area contributed by atoms with Crippen LogP contribution in [0.15, 0.2) is 40.3 Å². The number of nitrogens with zero attached hydrogens (tertiary/aromatic N) is 1. The van der Waals surface area contributed by atoms with Crippen molar-refractivity contribution in [2.45, 2.75) is 44.4 Å². The number of hydrazone groups is 1. The van der Waals surface area contributed by atoms with Gasteiger partial charge in [0.2, 0.25) is 0 Å². The second kappa shape index (κ2) is 5.33. The third kappa shape index (κ3) is 3.35. The van der Waals surface area contributed by atoms with Gasteiger partial charge in [0, 0.05) is 11.1 Å². The molecule has 1 aliphatic carbocycles. The summed E-state index contributed by atoms with van der Waals surface area (Å²) in [6.45, 7) is 4.23. The van der Waals surface area contributed by atoms with E-state index in [-0.39, 0.29) is 10.3 Å². The molecule has 0 aromatic heterocycles. The highest BCUT2D eigenvalue weighted by molar-refractivity contribution is 7.89. The first-order valence-corrected chi connectivity index (χ1v) is 8.04. The van der Waals surface area contributed by atoms with Gasteiger partial charge in [-0.3, -0.25) is 0 Å². The lowest BCUT2D eigenvalue weighted by Gasteiger charge is -2.31. The summed E-state index contributed by atoms with van der Waals surface area (Å²) >= 11 is 0. The summed E-state index contributed by atoms with van der Waals surface area (Å²) in [5, 5.41) is 4.16. The zero-order chi connectivity index (χ0) is 13.9. The Morgan fingerprint density at radius 3 is 2.47 bits per heavy atom. The second-order valence-electron chi connectivity index (χ2n) is 5.56. The van der Waals surface area contributed by atoms with E-state index in [0.29, 0.717) is 0 Å². The molecule has 2 rings (SSSR count). The van der Waals surface area contributed by atoms with Crippen LogP contribution in [0.25, 0.3) is 0 Å². The Morgan fingerprint density at radius 2 is 1.84 bits per heavy atom. The fourth-order valence-corrected chi connectivity index (χ4v) is 3.17. The lowest BCUT2D eigenvalue weighted by atomic mass is 9.76. The molecule has 0 atom stereocenters. The lowest BCUT2D eigenvalue weighted by molar-refractivity contribution is 0.408. The molecule has 0 radical (unpaired) electrons. The van der Waals surface area contributed by atoms with Gasteiger partial charge in [-0.05, 0) is 31.4 Å². The van der Waals surface area contributed by atoms with Crippen LogP contribution in [-0.4, -0.2) is 14.1 Å². The molecule has 0 bridgehead atoms. The molecule has 104 valence electrons. The van der Waals surface area contributed by atoms with E-state index in [1.165, 1.54) is 6.42 Å². The van der Waals surface area contributed by atoms with Crippen LogP contribution in [-0.2, 0) is 10.0 Å². The van der Waals surface area contributed by atoms with E-state index in [2.05, 4.69) is 23.8 Å². The van der Waals surface area contributed by atoms with E-state index in [0.717, 1.165) is 25.0 Å². The zero-order valence-corrected chi connectivity index (χ0v) is 12.2. The Hall–Kier alpha value is -1.36. The van der Waals surface area contributed by atoms with Crippen molar-refractivity contribution < 1.29 is 8.42 Å². The number of hydrogen-bond acceptors (Lipinski definition) is 3. The number of rotatable bonds is 3. The van der Waals surface area contributed by atoms with Crippen LogP contribution in [0.1, 0.15) is 39.5 Å². The maximum absolute atomic E-state index is 12.1. The molecule has 0 aliphatic heterocycles. The molecule has 0 saturated heterocycles. The Labute approximate surface area is 115 Å². The van der Waals surface area contributed by atoms with E-state index in [4.69, 9.17) is 0 Å². The first-order chi connectivity index (χ1) is 8.92. The summed E-state index contributed by atoms with van der Waals surface area (Å²) in [6, 6.07) is 8.32. The summed E-state index contributed by atoms with van der Waals surface area (Å²) in [7, 11) is -3.55. The smallest absolute Gasteiger partial charge is 0.200 e. The standard InChI is InChI=1S/C14H20N2O2S/c1-14(2)11-7-6-10-13(14)15-16-19(17,18)12-8-4-3-5-9-12/h3-5,8-9,16H,6-7,10-11H2,1-2H3/b15-13-. The molecule has 0 heterocycles. The van der Waals surface area contributed by atoms with Crippen LogP contribution < -0.4 is 4.83 Å². The minimum absolute atomic E-state index is 0.0164. The third-order valence-electron chi connectivity index (χ3n) is 3.60. The van der Waals surface area contributed by atoms with Crippen molar-refractivity contribution in [2.24, 2.45) is 10.5 Å². The maximum Gasteiger partial charge on any atom is 0.276 e. The van der Waals surface area contributed by atoms with E-state index >= 15 is 0 Å². The van der Waals surface area contributed by atoms with Gasteiger partial charge in [0.05, 0.1) is 4.90 Å². The monoisotopic (exact) mass is 280 g/mol. The van der Waals surface area contributed by atoms with E-state index < -0.39 is 10.0 Å². The van der Waals surface area contributed by atoms with Gasteiger partial charge in [-0.15, -0.1) is 0 Å². The fraction of sp³-hybridized carbons (Fsp3) is 0.500. The number of benzene rings is 1. The molecule has 1 aliphatic rings. The van der Waals surface area contributed by atoms with Gasteiger partial charge in [0.1, 0.15) is 0 Å². The Bertz CT molecular complexity index is 562. The summed E-state index contributed by atoms with van der Waals surface area (Å²) < 4.78 is 24.1. The summed E-state index contributed by atoms with van der Waals surface area (Å²) in [4.78, 5) is 2.60. The molecule has 5 heteroatoms. The van der Waals surface area contributed by atoms with Gasteiger partial charge in [0.25, 0.3) is 10.0 Å². The highest BCUT2D eigenvalue weighted by atomic mass is 32.2. The third-order valence-corrected chi connectivity index (χ3v) is 4.83. The SMILES string of the molecule is CC1(C)CCCC/C1=N/NS(=O)(=O)c1ccccc1.